The first-order valence-electron chi connectivity index (χ1n) is 8.58. The van der Waals surface area contributed by atoms with Gasteiger partial charge in [0.1, 0.15) is 5.82 Å². The van der Waals surface area contributed by atoms with Gasteiger partial charge < -0.3 is 16.0 Å². The van der Waals surface area contributed by atoms with Gasteiger partial charge in [0.15, 0.2) is 5.96 Å². The van der Waals surface area contributed by atoms with Crippen molar-refractivity contribution < 1.29 is 13.2 Å². The molecule has 2 aromatic rings. The lowest BCUT2D eigenvalue weighted by molar-refractivity contribution is -0.137. The largest absolute Gasteiger partial charge is 0.419 e. The first-order valence-corrected chi connectivity index (χ1v) is 9.40. The van der Waals surface area contributed by atoms with Crippen molar-refractivity contribution in [3.05, 3.63) is 40.0 Å². The molecule has 0 aromatic carbocycles. The molecule has 148 valence electrons. The minimum absolute atomic E-state index is 0.176. The van der Waals surface area contributed by atoms with Crippen LogP contribution in [0.15, 0.2) is 29.5 Å². The number of rotatable bonds is 8. The van der Waals surface area contributed by atoms with Crippen LogP contribution in [0.25, 0.3) is 0 Å². The molecule has 0 aliphatic heterocycles. The molecule has 0 spiro atoms. The summed E-state index contributed by atoms with van der Waals surface area (Å²) in [5.41, 5.74) is -0.776. The van der Waals surface area contributed by atoms with E-state index >= 15 is 0 Å². The Morgan fingerprint density at radius 2 is 1.96 bits per heavy atom. The van der Waals surface area contributed by atoms with Crippen LogP contribution in [0.2, 0.25) is 0 Å². The number of hydrogen-bond donors (Lipinski definition) is 3. The van der Waals surface area contributed by atoms with Crippen LogP contribution >= 0.6 is 11.3 Å². The Kier molecular flexibility index (Phi) is 7.83. The maximum Gasteiger partial charge on any atom is 0.419 e. The van der Waals surface area contributed by atoms with Crippen molar-refractivity contribution in [2.75, 3.05) is 32.0 Å². The van der Waals surface area contributed by atoms with Gasteiger partial charge in [0, 0.05) is 50.4 Å². The highest BCUT2D eigenvalue weighted by atomic mass is 32.1. The van der Waals surface area contributed by atoms with Gasteiger partial charge in [0.25, 0.3) is 0 Å². The Morgan fingerprint density at radius 1 is 1.19 bits per heavy atom. The predicted octanol–water partition coefficient (Wildman–Crippen LogP) is 2.94. The third-order valence-corrected chi connectivity index (χ3v) is 4.83. The molecule has 0 radical (unpaired) electrons. The first kappa shape index (κ1) is 20.9. The average Bonchev–Trinajstić information content (AvgIpc) is 3.11. The van der Waals surface area contributed by atoms with E-state index in [0.717, 1.165) is 23.9 Å². The number of aromatic nitrogens is 2. The maximum absolute atomic E-state index is 12.9. The van der Waals surface area contributed by atoms with Crippen molar-refractivity contribution in [2.45, 2.75) is 25.9 Å². The molecule has 0 aliphatic carbocycles. The lowest BCUT2D eigenvalue weighted by atomic mass is 10.2. The van der Waals surface area contributed by atoms with Gasteiger partial charge in [-0.25, -0.2) is 9.97 Å². The van der Waals surface area contributed by atoms with Crippen LogP contribution in [0.5, 0.6) is 0 Å². The van der Waals surface area contributed by atoms with Crippen LogP contribution in [-0.4, -0.2) is 42.6 Å². The molecule has 0 saturated heterocycles. The minimum atomic E-state index is -4.44. The smallest absolute Gasteiger partial charge is 0.368 e. The topological polar surface area (TPSA) is 74.2 Å². The molecule has 2 heterocycles. The van der Waals surface area contributed by atoms with E-state index in [9.17, 15) is 13.2 Å². The highest BCUT2D eigenvalue weighted by Crippen LogP contribution is 2.33. The standard InChI is InChI=1S/C17H23F3N6S/c1-3-12-11-26-14(27-12)6-8-24-16(21-2)25-10-9-23-15-13(17(18,19)20)5-4-7-22-15/h4-5,7,11H,3,6,8-10H2,1-2H3,(H,22,23)(H2,21,24,25). The normalized spacial score (nSPS) is 12.1. The molecule has 0 atom stereocenters. The second-order valence-corrected chi connectivity index (χ2v) is 6.77. The van der Waals surface area contributed by atoms with Gasteiger partial charge in [-0.05, 0) is 18.6 Å². The molecule has 2 aromatic heterocycles. The van der Waals surface area contributed by atoms with Gasteiger partial charge >= 0.3 is 6.18 Å². The number of pyridine rings is 1. The van der Waals surface area contributed by atoms with E-state index in [-0.39, 0.29) is 12.4 Å². The fourth-order valence-electron chi connectivity index (χ4n) is 2.27. The van der Waals surface area contributed by atoms with Gasteiger partial charge in [-0.3, -0.25) is 4.99 Å². The lowest BCUT2D eigenvalue weighted by Crippen LogP contribution is -2.40. The van der Waals surface area contributed by atoms with Gasteiger partial charge in [-0.1, -0.05) is 6.92 Å². The second-order valence-electron chi connectivity index (χ2n) is 5.57. The molecular formula is C17H23F3N6S. The summed E-state index contributed by atoms with van der Waals surface area (Å²) in [6, 6.07) is 2.27. The number of guanidine groups is 1. The third-order valence-electron chi connectivity index (χ3n) is 3.63. The van der Waals surface area contributed by atoms with Crippen molar-refractivity contribution in [1.82, 2.24) is 20.6 Å². The fourth-order valence-corrected chi connectivity index (χ4v) is 3.13. The summed E-state index contributed by atoms with van der Waals surface area (Å²) < 4.78 is 38.7. The first-order chi connectivity index (χ1) is 12.9. The number of thiazole rings is 1. The lowest BCUT2D eigenvalue weighted by Gasteiger charge is -2.14. The summed E-state index contributed by atoms with van der Waals surface area (Å²) in [6.07, 6.45) is 0.550. The third kappa shape index (κ3) is 6.70. The quantitative estimate of drug-likeness (QED) is 0.361. The molecule has 0 fully saturated rings. The fraction of sp³-hybridized carbons (Fsp3) is 0.471. The van der Waals surface area contributed by atoms with Crippen LogP contribution in [0, 0.1) is 0 Å². The highest BCUT2D eigenvalue weighted by molar-refractivity contribution is 7.11. The van der Waals surface area contributed by atoms with Crippen LogP contribution in [0.4, 0.5) is 19.0 Å². The number of halogens is 3. The molecule has 6 nitrogen and oxygen atoms in total. The monoisotopic (exact) mass is 400 g/mol. The number of anilines is 1. The Morgan fingerprint density at radius 3 is 2.63 bits per heavy atom. The molecule has 0 amide bonds. The number of hydrogen-bond acceptors (Lipinski definition) is 5. The summed E-state index contributed by atoms with van der Waals surface area (Å²) in [7, 11) is 1.64. The highest BCUT2D eigenvalue weighted by Gasteiger charge is 2.33. The van der Waals surface area contributed by atoms with Crippen molar-refractivity contribution in [2.24, 2.45) is 4.99 Å². The number of nitrogens with one attached hydrogen (secondary N) is 3. The number of alkyl halides is 3. The van der Waals surface area contributed by atoms with E-state index < -0.39 is 11.7 Å². The van der Waals surface area contributed by atoms with Crippen molar-refractivity contribution >= 4 is 23.1 Å². The molecule has 0 unspecified atom stereocenters. The predicted molar refractivity (Wildman–Crippen MR) is 102 cm³/mol. The van der Waals surface area contributed by atoms with Gasteiger partial charge in [0.2, 0.25) is 0 Å². The molecule has 27 heavy (non-hydrogen) atoms. The molecular weight excluding hydrogens is 377 g/mol. The zero-order chi connectivity index (χ0) is 19.7. The molecule has 0 saturated carbocycles. The zero-order valence-electron chi connectivity index (χ0n) is 15.2. The van der Waals surface area contributed by atoms with Crippen molar-refractivity contribution in [3.63, 3.8) is 0 Å². The summed E-state index contributed by atoms with van der Waals surface area (Å²) in [6.45, 7) is 3.43. The summed E-state index contributed by atoms with van der Waals surface area (Å²) in [5, 5.41) is 9.98. The Balaban J connectivity index is 1.72. The molecule has 3 N–H and O–H groups in total. The number of aliphatic imine (C=N–C) groups is 1. The summed E-state index contributed by atoms with van der Waals surface area (Å²) in [5.74, 6) is 0.409. The SMILES string of the molecule is CCc1cnc(CCNC(=NC)NCCNc2ncccc2C(F)(F)F)s1. The van der Waals surface area contributed by atoms with Gasteiger partial charge in [-0.15, -0.1) is 11.3 Å². The van der Waals surface area contributed by atoms with Crippen LogP contribution in [0.3, 0.4) is 0 Å². The van der Waals surface area contributed by atoms with Crippen LogP contribution in [-0.2, 0) is 19.0 Å². The van der Waals surface area contributed by atoms with Gasteiger partial charge in [0.05, 0.1) is 10.6 Å². The molecule has 0 bridgehead atoms. The minimum Gasteiger partial charge on any atom is -0.368 e. The maximum atomic E-state index is 12.9. The zero-order valence-corrected chi connectivity index (χ0v) is 16.0. The molecule has 2 rings (SSSR count). The number of nitrogens with zero attached hydrogens (tertiary/aromatic N) is 3. The molecule has 10 heteroatoms. The molecule has 0 aliphatic rings. The van der Waals surface area contributed by atoms with E-state index in [1.54, 1.807) is 18.4 Å². The van der Waals surface area contributed by atoms with Gasteiger partial charge in [-0.2, -0.15) is 13.2 Å². The van der Waals surface area contributed by atoms with E-state index in [1.165, 1.54) is 17.1 Å². The Hall–Kier alpha value is -2.36. The van der Waals surface area contributed by atoms with E-state index in [2.05, 4.69) is 37.8 Å². The average molecular weight is 400 g/mol. The van der Waals surface area contributed by atoms with E-state index in [4.69, 9.17) is 0 Å². The van der Waals surface area contributed by atoms with E-state index in [1.807, 2.05) is 6.20 Å². The van der Waals surface area contributed by atoms with E-state index in [0.29, 0.717) is 19.0 Å². The van der Waals surface area contributed by atoms with Crippen molar-refractivity contribution in [3.8, 4) is 0 Å². The van der Waals surface area contributed by atoms with Crippen LogP contribution < -0.4 is 16.0 Å². The second kappa shape index (κ2) is 10.1. The summed E-state index contributed by atoms with van der Waals surface area (Å²) >= 11 is 1.69. The number of aryl methyl sites for hydroxylation is 1. The summed E-state index contributed by atoms with van der Waals surface area (Å²) in [4.78, 5) is 13.5. The Labute approximate surface area is 160 Å². The van der Waals surface area contributed by atoms with Crippen molar-refractivity contribution in [1.29, 1.82) is 0 Å². The Bertz CT molecular complexity index is 744. The van der Waals surface area contributed by atoms with Crippen LogP contribution in [0.1, 0.15) is 22.4 Å².